The zero-order valence-electron chi connectivity index (χ0n) is 15.6. The van der Waals surface area contributed by atoms with Crippen molar-refractivity contribution < 1.29 is 9.47 Å². The van der Waals surface area contributed by atoms with Gasteiger partial charge in [0.05, 0.1) is 19.9 Å². The van der Waals surface area contributed by atoms with E-state index in [9.17, 15) is 0 Å². The van der Waals surface area contributed by atoms with Gasteiger partial charge in [-0.05, 0) is 55.7 Å². The van der Waals surface area contributed by atoms with Gasteiger partial charge in [-0.1, -0.05) is 12.1 Å². The van der Waals surface area contributed by atoms with Gasteiger partial charge in [0.2, 0.25) is 0 Å². The Morgan fingerprint density at radius 3 is 2.62 bits per heavy atom. The van der Waals surface area contributed by atoms with Crippen LogP contribution in [-0.4, -0.2) is 30.5 Å². The third kappa shape index (κ3) is 2.51. The maximum absolute atomic E-state index is 5.64. The van der Waals surface area contributed by atoms with Crippen molar-refractivity contribution in [2.24, 2.45) is 0 Å². The first kappa shape index (κ1) is 16.5. The molecule has 1 aromatic heterocycles. The number of nitrogens with zero attached hydrogens (tertiary/aromatic N) is 2. The molecule has 2 aromatic carbocycles. The van der Waals surface area contributed by atoms with E-state index in [0.717, 1.165) is 41.5 Å². The summed E-state index contributed by atoms with van der Waals surface area (Å²) in [5, 5.41) is 8.43. The van der Waals surface area contributed by atoms with Crippen molar-refractivity contribution in [1.29, 1.82) is 0 Å². The van der Waals surface area contributed by atoms with Crippen LogP contribution in [0.2, 0.25) is 0 Å². The van der Waals surface area contributed by atoms with Crippen molar-refractivity contribution >= 4 is 5.82 Å². The molecule has 0 spiro atoms. The van der Waals surface area contributed by atoms with E-state index in [0.29, 0.717) is 5.75 Å². The second-order valence-electron chi connectivity index (χ2n) is 6.57. The first-order valence-corrected chi connectivity index (χ1v) is 8.78. The highest BCUT2D eigenvalue weighted by molar-refractivity contribution is 5.78. The van der Waals surface area contributed by atoms with Crippen LogP contribution in [0.4, 0.5) is 5.82 Å². The third-order valence-corrected chi connectivity index (χ3v) is 5.04. The van der Waals surface area contributed by atoms with E-state index in [4.69, 9.17) is 14.6 Å². The molecule has 0 fully saturated rings. The van der Waals surface area contributed by atoms with Gasteiger partial charge in [0.15, 0.2) is 11.5 Å². The minimum atomic E-state index is 0.713. The number of benzene rings is 2. The monoisotopic (exact) mass is 349 g/mol. The van der Waals surface area contributed by atoms with E-state index in [1.54, 1.807) is 14.2 Å². The average molecular weight is 349 g/mol. The molecule has 1 N–H and O–H groups in total. The van der Waals surface area contributed by atoms with Gasteiger partial charge in [0, 0.05) is 17.7 Å². The lowest BCUT2D eigenvalue weighted by atomic mass is 10.1. The highest BCUT2D eigenvalue weighted by Crippen LogP contribution is 2.42. The normalized spacial score (nSPS) is 12.6. The van der Waals surface area contributed by atoms with Crippen LogP contribution in [0.25, 0.3) is 16.9 Å². The number of anilines is 1. The number of aryl methyl sites for hydroxylation is 2. The quantitative estimate of drug-likeness (QED) is 0.769. The van der Waals surface area contributed by atoms with Crippen molar-refractivity contribution in [3.63, 3.8) is 0 Å². The van der Waals surface area contributed by atoms with Crippen LogP contribution in [0.3, 0.4) is 0 Å². The Labute approximate surface area is 153 Å². The molecule has 0 unspecified atom stereocenters. The Bertz CT molecular complexity index is 976. The number of hydrogen-bond donors (Lipinski definition) is 1. The molecule has 3 aromatic rings. The number of ether oxygens (including phenoxy) is 2. The molecule has 1 aliphatic heterocycles. The van der Waals surface area contributed by atoms with Crippen LogP contribution < -0.4 is 14.8 Å². The average Bonchev–Trinajstić information content (AvgIpc) is 3.26. The minimum absolute atomic E-state index is 0.713. The van der Waals surface area contributed by atoms with E-state index in [1.807, 2.05) is 22.9 Å². The number of nitrogens with one attached hydrogen (secondary N) is 1. The van der Waals surface area contributed by atoms with Crippen LogP contribution in [0.1, 0.15) is 16.7 Å². The molecule has 0 aliphatic carbocycles. The van der Waals surface area contributed by atoms with Gasteiger partial charge >= 0.3 is 0 Å². The predicted molar refractivity (Wildman–Crippen MR) is 104 cm³/mol. The molecule has 0 saturated heterocycles. The fourth-order valence-electron chi connectivity index (χ4n) is 3.51. The molecule has 2 heterocycles. The number of rotatable bonds is 4. The molecule has 0 amide bonds. The van der Waals surface area contributed by atoms with Gasteiger partial charge in [-0.15, -0.1) is 0 Å². The minimum Gasteiger partial charge on any atom is -0.493 e. The van der Waals surface area contributed by atoms with Crippen LogP contribution >= 0.6 is 0 Å². The molecule has 134 valence electrons. The fraction of sp³-hybridized carbons (Fsp3) is 0.286. The van der Waals surface area contributed by atoms with Gasteiger partial charge in [-0.3, -0.25) is 0 Å². The summed E-state index contributed by atoms with van der Waals surface area (Å²) in [4.78, 5) is 0. The molecule has 0 atom stereocenters. The second-order valence-corrected chi connectivity index (χ2v) is 6.57. The molecule has 5 nitrogen and oxygen atoms in total. The number of para-hydroxylation sites is 1. The molecule has 0 saturated carbocycles. The summed E-state index contributed by atoms with van der Waals surface area (Å²) in [6.45, 7) is 5.16. The van der Waals surface area contributed by atoms with Crippen LogP contribution in [-0.2, 0) is 6.42 Å². The summed E-state index contributed by atoms with van der Waals surface area (Å²) in [5.41, 5.74) is 6.71. The van der Waals surface area contributed by atoms with Crippen LogP contribution in [0.15, 0.2) is 36.4 Å². The molecular weight excluding hydrogens is 326 g/mol. The molecule has 1 aliphatic rings. The molecule has 0 bridgehead atoms. The Morgan fingerprint density at radius 2 is 1.88 bits per heavy atom. The second kappa shape index (κ2) is 6.41. The summed E-state index contributed by atoms with van der Waals surface area (Å²) in [7, 11) is 3.32. The smallest absolute Gasteiger partial charge is 0.170 e. The fourth-order valence-corrected chi connectivity index (χ4v) is 3.51. The van der Waals surface area contributed by atoms with E-state index in [2.05, 4.69) is 37.4 Å². The van der Waals surface area contributed by atoms with Gasteiger partial charge in [0.25, 0.3) is 0 Å². The Kier molecular flexibility index (Phi) is 4.07. The lowest BCUT2D eigenvalue weighted by Gasteiger charge is -2.12. The Balaban J connectivity index is 1.91. The predicted octanol–water partition coefficient (Wildman–Crippen LogP) is 4.14. The third-order valence-electron chi connectivity index (χ3n) is 5.04. The topological polar surface area (TPSA) is 48.3 Å². The molecular formula is C21H23N3O2. The zero-order valence-corrected chi connectivity index (χ0v) is 15.6. The Morgan fingerprint density at radius 1 is 1.04 bits per heavy atom. The first-order chi connectivity index (χ1) is 12.6. The highest BCUT2D eigenvalue weighted by atomic mass is 16.5. The summed E-state index contributed by atoms with van der Waals surface area (Å²) in [5.74, 6) is 2.49. The van der Waals surface area contributed by atoms with Crippen molar-refractivity contribution in [2.75, 3.05) is 26.1 Å². The molecule has 4 rings (SSSR count). The van der Waals surface area contributed by atoms with E-state index < -0.39 is 0 Å². The lowest BCUT2D eigenvalue weighted by Crippen LogP contribution is -2.05. The van der Waals surface area contributed by atoms with E-state index in [-0.39, 0.29) is 0 Å². The van der Waals surface area contributed by atoms with Crippen LogP contribution in [0, 0.1) is 13.8 Å². The van der Waals surface area contributed by atoms with Crippen molar-refractivity contribution in [3.05, 3.63) is 53.1 Å². The summed E-state index contributed by atoms with van der Waals surface area (Å²) >= 11 is 0. The standard InChI is InChI=1S/C21H23N3O2/c1-13-8-9-15(12-14(13)2)24-21-17(10-11-22-21)19(23-24)16-6-5-7-18(25-3)20(16)26-4/h5-9,12,22H,10-11H2,1-4H3. The van der Waals surface area contributed by atoms with Crippen molar-refractivity contribution in [2.45, 2.75) is 20.3 Å². The lowest BCUT2D eigenvalue weighted by molar-refractivity contribution is 0.356. The summed E-state index contributed by atoms with van der Waals surface area (Å²) in [6, 6.07) is 12.3. The van der Waals surface area contributed by atoms with E-state index in [1.165, 1.54) is 16.7 Å². The number of aromatic nitrogens is 2. The largest absolute Gasteiger partial charge is 0.493 e. The maximum atomic E-state index is 5.64. The van der Waals surface area contributed by atoms with Gasteiger partial charge in [-0.25, -0.2) is 4.68 Å². The molecule has 26 heavy (non-hydrogen) atoms. The van der Waals surface area contributed by atoms with E-state index >= 15 is 0 Å². The maximum Gasteiger partial charge on any atom is 0.170 e. The highest BCUT2D eigenvalue weighted by Gasteiger charge is 2.26. The van der Waals surface area contributed by atoms with Gasteiger partial charge in [0.1, 0.15) is 11.5 Å². The molecule has 0 radical (unpaired) electrons. The number of fused-ring (bicyclic) bond motifs is 1. The van der Waals surface area contributed by atoms with Crippen molar-refractivity contribution in [1.82, 2.24) is 9.78 Å². The summed E-state index contributed by atoms with van der Waals surface area (Å²) in [6.07, 6.45) is 0.940. The SMILES string of the molecule is COc1cccc(-c2nn(-c3ccc(C)c(C)c3)c3c2CCN3)c1OC. The first-order valence-electron chi connectivity index (χ1n) is 8.78. The van der Waals surface area contributed by atoms with Gasteiger partial charge in [-0.2, -0.15) is 5.10 Å². The zero-order chi connectivity index (χ0) is 18.3. The molecule has 5 heteroatoms. The summed E-state index contributed by atoms with van der Waals surface area (Å²) < 4.78 is 13.1. The van der Waals surface area contributed by atoms with Gasteiger partial charge < -0.3 is 14.8 Å². The van der Waals surface area contributed by atoms with Crippen LogP contribution in [0.5, 0.6) is 11.5 Å². The number of methoxy groups -OCH3 is 2. The van der Waals surface area contributed by atoms with Crippen molar-refractivity contribution in [3.8, 4) is 28.4 Å². The Hall–Kier alpha value is -2.95. The number of hydrogen-bond acceptors (Lipinski definition) is 4.